The van der Waals surface area contributed by atoms with E-state index in [1.54, 1.807) is 12.1 Å². The Morgan fingerprint density at radius 2 is 1.70 bits per heavy atom. The Balaban J connectivity index is 2.25. The summed E-state index contributed by atoms with van der Waals surface area (Å²) in [6.07, 6.45) is 2.10. The van der Waals surface area contributed by atoms with E-state index in [1.807, 2.05) is 51.1 Å². The SMILES string of the molecule is CCCCc1nc(O)c(S(=O)(=O)c2ccc(C)cc2)c(=O)n1[C@@H](C)c1ccccc1. The lowest BCUT2D eigenvalue weighted by Gasteiger charge is -2.21. The van der Waals surface area contributed by atoms with Crippen molar-refractivity contribution in [3.63, 3.8) is 0 Å². The fourth-order valence-corrected chi connectivity index (χ4v) is 4.76. The maximum absolute atomic E-state index is 13.5. The quantitative estimate of drug-likeness (QED) is 0.616. The van der Waals surface area contributed by atoms with Crippen molar-refractivity contribution in [2.45, 2.75) is 55.9 Å². The Morgan fingerprint density at radius 1 is 1.07 bits per heavy atom. The van der Waals surface area contributed by atoms with Gasteiger partial charge >= 0.3 is 0 Å². The zero-order valence-electron chi connectivity index (χ0n) is 17.4. The maximum atomic E-state index is 13.5. The third-order valence-electron chi connectivity index (χ3n) is 5.15. The van der Waals surface area contributed by atoms with Gasteiger partial charge in [-0.05, 0) is 38.0 Å². The number of hydrogen-bond acceptors (Lipinski definition) is 5. The van der Waals surface area contributed by atoms with Crippen molar-refractivity contribution in [1.82, 2.24) is 9.55 Å². The molecule has 0 amide bonds. The Hall–Kier alpha value is -2.93. The number of nitrogens with zero attached hydrogens (tertiary/aromatic N) is 2. The van der Waals surface area contributed by atoms with Gasteiger partial charge in [-0.1, -0.05) is 61.4 Å². The third kappa shape index (κ3) is 4.16. The topological polar surface area (TPSA) is 89.3 Å². The normalized spacial score (nSPS) is 12.6. The van der Waals surface area contributed by atoms with Gasteiger partial charge in [-0.25, -0.2) is 8.42 Å². The van der Waals surface area contributed by atoms with Gasteiger partial charge in [-0.15, -0.1) is 0 Å². The number of benzene rings is 2. The Morgan fingerprint density at radius 3 is 2.30 bits per heavy atom. The zero-order chi connectivity index (χ0) is 21.9. The molecule has 0 aliphatic heterocycles. The second-order valence-corrected chi connectivity index (χ2v) is 9.25. The van der Waals surface area contributed by atoms with Crippen LogP contribution in [0.2, 0.25) is 0 Å². The average molecular weight is 427 g/mol. The average Bonchev–Trinajstić information content (AvgIpc) is 2.72. The highest BCUT2D eigenvalue weighted by molar-refractivity contribution is 7.91. The molecule has 1 heterocycles. The van der Waals surface area contributed by atoms with Gasteiger partial charge in [0.25, 0.3) is 5.56 Å². The highest BCUT2D eigenvalue weighted by Gasteiger charge is 2.30. The van der Waals surface area contributed by atoms with Gasteiger partial charge in [-0.3, -0.25) is 9.36 Å². The first kappa shape index (κ1) is 21.8. The van der Waals surface area contributed by atoms with E-state index in [0.29, 0.717) is 12.2 Å². The molecule has 158 valence electrons. The number of hydrogen-bond donors (Lipinski definition) is 1. The molecule has 0 aliphatic carbocycles. The monoisotopic (exact) mass is 426 g/mol. The molecule has 7 heteroatoms. The maximum Gasteiger partial charge on any atom is 0.277 e. The number of rotatable bonds is 7. The highest BCUT2D eigenvalue weighted by Crippen LogP contribution is 2.27. The van der Waals surface area contributed by atoms with Gasteiger partial charge < -0.3 is 5.11 Å². The van der Waals surface area contributed by atoms with E-state index in [4.69, 9.17) is 0 Å². The number of aromatic nitrogens is 2. The van der Waals surface area contributed by atoms with Crippen LogP contribution in [-0.4, -0.2) is 23.1 Å². The molecule has 0 aliphatic rings. The summed E-state index contributed by atoms with van der Waals surface area (Å²) in [6, 6.07) is 15.1. The van der Waals surface area contributed by atoms with Crippen LogP contribution in [0.5, 0.6) is 5.88 Å². The van der Waals surface area contributed by atoms with Crippen molar-refractivity contribution in [3.8, 4) is 5.88 Å². The van der Waals surface area contributed by atoms with Gasteiger partial charge in [-0.2, -0.15) is 4.98 Å². The molecule has 2 aromatic carbocycles. The number of unbranched alkanes of at least 4 members (excludes halogenated alkanes) is 1. The second-order valence-electron chi connectivity index (χ2n) is 7.36. The van der Waals surface area contributed by atoms with E-state index in [1.165, 1.54) is 16.7 Å². The van der Waals surface area contributed by atoms with E-state index < -0.39 is 32.2 Å². The summed E-state index contributed by atoms with van der Waals surface area (Å²) in [5.41, 5.74) is 0.982. The molecule has 0 saturated heterocycles. The van der Waals surface area contributed by atoms with E-state index in [2.05, 4.69) is 4.98 Å². The summed E-state index contributed by atoms with van der Waals surface area (Å²) in [4.78, 5) is 16.9. The Kier molecular flexibility index (Phi) is 6.41. The molecule has 30 heavy (non-hydrogen) atoms. The molecule has 0 spiro atoms. The third-order valence-corrected chi connectivity index (χ3v) is 6.94. The van der Waals surface area contributed by atoms with E-state index >= 15 is 0 Å². The van der Waals surface area contributed by atoms with Crippen molar-refractivity contribution >= 4 is 9.84 Å². The largest absolute Gasteiger partial charge is 0.492 e. The predicted octanol–water partition coefficient (Wildman–Crippen LogP) is 4.04. The molecular weight excluding hydrogens is 400 g/mol. The summed E-state index contributed by atoms with van der Waals surface area (Å²) in [5.74, 6) is -0.373. The van der Waals surface area contributed by atoms with Crippen LogP contribution in [0, 0.1) is 6.92 Å². The molecule has 1 atom stereocenters. The molecule has 6 nitrogen and oxygen atoms in total. The zero-order valence-corrected chi connectivity index (χ0v) is 18.2. The van der Waals surface area contributed by atoms with Crippen LogP contribution in [0.25, 0.3) is 0 Å². The lowest BCUT2D eigenvalue weighted by molar-refractivity contribution is 0.412. The van der Waals surface area contributed by atoms with E-state index in [0.717, 1.165) is 24.0 Å². The molecule has 1 aromatic heterocycles. The summed E-state index contributed by atoms with van der Waals surface area (Å²) in [6.45, 7) is 5.68. The van der Waals surface area contributed by atoms with E-state index in [-0.39, 0.29) is 4.90 Å². The first-order valence-electron chi connectivity index (χ1n) is 9.98. The molecule has 1 N–H and O–H groups in total. The molecule has 3 rings (SSSR count). The molecule has 0 bridgehead atoms. The molecule has 0 saturated carbocycles. The summed E-state index contributed by atoms with van der Waals surface area (Å²) >= 11 is 0. The summed E-state index contributed by atoms with van der Waals surface area (Å²) in [7, 11) is -4.24. The van der Waals surface area contributed by atoms with Crippen LogP contribution < -0.4 is 5.56 Å². The highest BCUT2D eigenvalue weighted by atomic mass is 32.2. The lowest BCUT2D eigenvalue weighted by atomic mass is 10.1. The molecule has 0 radical (unpaired) electrons. The summed E-state index contributed by atoms with van der Waals surface area (Å²) in [5, 5.41) is 10.5. The minimum Gasteiger partial charge on any atom is -0.492 e. The lowest BCUT2D eigenvalue weighted by Crippen LogP contribution is -2.32. The van der Waals surface area contributed by atoms with Crippen LogP contribution in [0.1, 0.15) is 49.7 Å². The van der Waals surface area contributed by atoms with Crippen molar-refractivity contribution < 1.29 is 13.5 Å². The van der Waals surface area contributed by atoms with Gasteiger partial charge in [0, 0.05) is 6.42 Å². The van der Waals surface area contributed by atoms with Crippen molar-refractivity contribution in [3.05, 3.63) is 81.9 Å². The van der Waals surface area contributed by atoms with Gasteiger partial charge in [0.15, 0.2) is 4.90 Å². The minimum absolute atomic E-state index is 0.0532. The fourth-order valence-electron chi connectivity index (χ4n) is 3.41. The molecule has 0 unspecified atom stereocenters. The van der Waals surface area contributed by atoms with Gasteiger partial charge in [0.05, 0.1) is 10.9 Å². The smallest absolute Gasteiger partial charge is 0.277 e. The first-order valence-corrected chi connectivity index (χ1v) is 11.5. The number of aryl methyl sites for hydroxylation is 2. The van der Waals surface area contributed by atoms with Crippen LogP contribution in [0.4, 0.5) is 0 Å². The van der Waals surface area contributed by atoms with Crippen LogP contribution >= 0.6 is 0 Å². The van der Waals surface area contributed by atoms with Crippen LogP contribution in [0.15, 0.2) is 69.2 Å². The second kappa shape index (κ2) is 8.83. The van der Waals surface area contributed by atoms with Crippen molar-refractivity contribution in [2.24, 2.45) is 0 Å². The minimum atomic E-state index is -4.24. The van der Waals surface area contributed by atoms with E-state index in [9.17, 15) is 18.3 Å². The predicted molar refractivity (Wildman–Crippen MR) is 116 cm³/mol. The van der Waals surface area contributed by atoms with Gasteiger partial charge in [0.1, 0.15) is 5.82 Å². The van der Waals surface area contributed by atoms with Crippen molar-refractivity contribution in [1.29, 1.82) is 0 Å². The number of aromatic hydroxyl groups is 1. The van der Waals surface area contributed by atoms with Crippen LogP contribution in [0.3, 0.4) is 0 Å². The molecular formula is C23H26N2O4S. The Bertz CT molecular complexity index is 1180. The molecule has 3 aromatic rings. The first-order chi connectivity index (χ1) is 14.3. The Labute approximate surface area is 176 Å². The van der Waals surface area contributed by atoms with Crippen LogP contribution in [-0.2, 0) is 16.3 Å². The number of sulfone groups is 1. The molecule has 0 fully saturated rings. The van der Waals surface area contributed by atoms with Gasteiger partial charge in [0.2, 0.25) is 15.7 Å². The standard InChI is InChI=1S/C23H26N2O4S/c1-4-5-11-20-24-22(26)21(30(28,29)19-14-12-16(2)13-15-19)23(27)25(20)17(3)18-9-7-6-8-10-18/h6-10,12-15,17,26H,4-5,11H2,1-3H3/t17-/m0/s1. The van der Waals surface area contributed by atoms with Crippen molar-refractivity contribution in [2.75, 3.05) is 0 Å². The fraction of sp³-hybridized carbons (Fsp3) is 0.304. The summed E-state index contributed by atoms with van der Waals surface area (Å²) < 4.78 is 27.8.